The minimum absolute atomic E-state index is 0.541. The summed E-state index contributed by atoms with van der Waals surface area (Å²) >= 11 is 0. The zero-order valence-corrected chi connectivity index (χ0v) is 11.6. The summed E-state index contributed by atoms with van der Waals surface area (Å²) in [5, 5.41) is 3.73. The summed E-state index contributed by atoms with van der Waals surface area (Å²) in [6.07, 6.45) is 2.37. The van der Waals surface area contributed by atoms with E-state index in [1.807, 2.05) is 0 Å². The third-order valence-electron chi connectivity index (χ3n) is 4.08. The minimum Gasteiger partial charge on any atom is -0.309 e. The van der Waals surface area contributed by atoms with Crippen molar-refractivity contribution in [3.63, 3.8) is 0 Å². The van der Waals surface area contributed by atoms with Crippen LogP contribution in [0.1, 0.15) is 62.8 Å². The van der Waals surface area contributed by atoms with Gasteiger partial charge in [0.05, 0.1) is 0 Å². The van der Waals surface area contributed by atoms with Crippen LogP contribution >= 0.6 is 0 Å². The first-order valence-electron chi connectivity index (χ1n) is 7.03. The van der Waals surface area contributed by atoms with Crippen LogP contribution in [0.5, 0.6) is 0 Å². The minimum atomic E-state index is 0.541. The number of benzene rings is 1. The molecule has 2 rings (SSSR count). The second-order valence-electron chi connectivity index (χ2n) is 5.55. The fraction of sp³-hybridized carbons (Fsp3) is 0.625. The lowest BCUT2D eigenvalue weighted by molar-refractivity contribution is 0.366. The van der Waals surface area contributed by atoms with Gasteiger partial charge in [-0.15, -0.1) is 0 Å². The Kier molecular flexibility index (Phi) is 3.88. The lowest BCUT2D eigenvalue weighted by Crippen LogP contribution is -2.35. The summed E-state index contributed by atoms with van der Waals surface area (Å²) in [6, 6.07) is 7.65. The highest BCUT2D eigenvalue weighted by atomic mass is 14.9. The van der Waals surface area contributed by atoms with Crippen LogP contribution in [0.4, 0.5) is 0 Å². The van der Waals surface area contributed by atoms with Gasteiger partial charge in [0.25, 0.3) is 0 Å². The van der Waals surface area contributed by atoms with Crippen molar-refractivity contribution in [3.05, 3.63) is 34.9 Å². The molecule has 0 saturated carbocycles. The predicted octanol–water partition coefficient (Wildman–Crippen LogP) is 4.04. The molecule has 2 atom stereocenters. The van der Waals surface area contributed by atoms with Crippen LogP contribution in [0.15, 0.2) is 18.2 Å². The highest BCUT2D eigenvalue weighted by Crippen LogP contribution is 2.36. The van der Waals surface area contributed by atoms with Gasteiger partial charge in [0.15, 0.2) is 0 Å². The average Bonchev–Trinajstić information content (AvgIpc) is 2.36. The zero-order valence-electron chi connectivity index (χ0n) is 11.6. The summed E-state index contributed by atoms with van der Waals surface area (Å²) < 4.78 is 0. The smallest absolute Gasteiger partial charge is 0.0346 e. The highest BCUT2D eigenvalue weighted by molar-refractivity contribution is 5.39. The third-order valence-corrected chi connectivity index (χ3v) is 4.08. The quantitative estimate of drug-likeness (QED) is 0.827. The van der Waals surface area contributed by atoms with Crippen LogP contribution in [0.3, 0.4) is 0 Å². The normalized spacial score (nSPS) is 23.8. The van der Waals surface area contributed by atoms with Crippen LogP contribution < -0.4 is 5.32 Å². The van der Waals surface area contributed by atoms with Crippen LogP contribution in [0.25, 0.3) is 0 Å². The molecule has 0 radical (unpaired) electrons. The lowest BCUT2D eigenvalue weighted by atomic mass is 9.80. The first-order valence-corrected chi connectivity index (χ1v) is 7.03. The Morgan fingerprint density at radius 2 is 2.00 bits per heavy atom. The Morgan fingerprint density at radius 3 is 2.59 bits per heavy atom. The Labute approximate surface area is 106 Å². The van der Waals surface area contributed by atoms with E-state index in [2.05, 4.69) is 51.2 Å². The van der Waals surface area contributed by atoms with Crippen molar-refractivity contribution in [1.82, 2.24) is 5.32 Å². The first-order chi connectivity index (χ1) is 8.17. The molecule has 94 valence electrons. The molecule has 0 bridgehead atoms. The first kappa shape index (κ1) is 12.6. The van der Waals surface area contributed by atoms with Gasteiger partial charge in [0.1, 0.15) is 0 Å². The molecule has 0 aliphatic carbocycles. The molecule has 0 aromatic heterocycles. The molecule has 1 aliphatic rings. The Morgan fingerprint density at radius 1 is 1.24 bits per heavy atom. The van der Waals surface area contributed by atoms with Gasteiger partial charge in [0.2, 0.25) is 0 Å². The maximum absolute atomic E-state index is 3.73. The van der Waals surface area contributed by atoms with Crippen molar-refractivity contribution in [2.24, 2.45) is 5.92 Å². The SMILES string of the molecule is CCc1ccc2c(c1)C(C(C)C)NCC2CC. The van der Waals surface area contributed by atoms with Gasteiger partial charge in [-0.3, -0.25) is 0 Å². The Hall–Kier alpha value is -0.820. The largest absolute Gasteiger partial charge is 0.309 e. The van der Waals surface area contributed by atoms with Crippen molar-refractivity contribution in [1.29, 1.82) is 0 Å². The zero-order chi connectivity index (χ0) is 12.4. The summed E-state index contributed by atoms with van der Waals surface area (Å²) in [7, 11) is 0. The van der Waals surface area contributed by atoms with E-state index in [1.54, 1.807) is 11.1 Å². The van der Waals surface area contributed by atoms with Crippen LogP contribution in [-0.2, 0) is 6.42 Å². The maximum Gasteiger partial charge on any atom is 0.0346 e. The van der Waals surface area contributed by atoms with E-state index in [0.717, 1.165) is 13.0 Å². The Balaban J connectivity index is 2.44. The van der Waals surface area contributed by atoms with E-state index in [4.69, 9.17) is 0 Å². The Bertz CT molecular complexity index is 381. The lowest BCUT2D eigenvalue weighted by Gasteiger charge is -2.35. The fourth-order valence-electron chi connectivity index (χ4n) is 2.93. The van der Waals surface area contributed by atoms with Crippen molar-refractivity contribution in [2.45, 2.75) is 52.5 Å². The number of hydrogen-bond acceptors (Lipinski definition) is 1. The third kappa shape index (κ3) is 2.40. The van der Waals surface area contributed by atoms with Gasteiger partial charge in [-0.25, -0.2) is 0 Å². The molecule has 1 aromatic rings. The van der Waals surface area contributed by atoms with Gasteiger partial charge < -0.3 is 5.32 Å². The second kappa shape index (κ2) is 5.22. The van der Waals surface area contributed by atoms with Gasteiger partial charge in [-0.1, -0.05) is 45.9 Å². The van der Waals surface area contributed by atoms with E-state index >= 15 is 0 Å². The second-order valence-corrected chi connectivity index (χ2v) is 5.55. The number of fused-ring (bicyclic) bond motifs is 1. The van der Waals surface area contributed by atoms with Crippen LogP contribution in [-0.4, -0.2) is 6.54 Å². The van der Waals surface area contributed by atoms with Crippen molar-refractivity contribution in [2.75, 3.05) is 6.54 Å². The summed E-state index contributed by atoms with van der Waals surface area (Å²) in [5.41, 5.74) is 4.60. The molecule has 0 saturated heterocycles. The summed E-state index contributed by atoms with van der Waals surface area (Å²) in [4.78, 5) is 0. The highest BCUT2D eigenvalue weighted by Gasteiger charge is 2.27. The van der Waals surface area contributed by atoms with Crippen molar-refractivity contribution in [3.8, 4) is 0 Å². The molecule has 0 fully saturated rings. The molecule has 0 spiro atoms. The molecular weight excluding hydrogens is 206 g/mol. The van der Waals surface area contributed by atoms with Gasteiger partial charge in [-0.2, -0.15) is 0 Å². The summed E-state index contributed by atoms with van der Waals surface area (Å²) in [6.45, 7) is 10.3. The molecule has 1 heteroatoms. The van der Waals surface area contributed by atoms with E-state index in [9.17, 15) is 0 Å². The number of rotatable bonds is 3. The molecule has 17 heavy (non-hydrogen) atoms. The molecule has 2 unspecified atom stereocenters. The van der Waals surface area contributed by atoms with Gasteiger partial charge in [0, 0.05) is 12.6 Å². The van der Waals surface area contributed by atoms with Gasteiger partial charge >= 0.3 is 0 Å². The van der Waals surface area contributed by atoms with E-state index < -0.39 is 0 Å². The van der Waals surface area contributed by atoms with E-state index in [0.29, 0.717) is 17.9 Å². The van der Waals surface area contributed by atoms with Crippen LogP contribution in [0, 0.1) is 5.92 Å². The standard InChI is InChI=1S/C16H25N/c1-5-12-7-8-14-13(6-2)10-17-16(11(3)4)15(14)9-12/h7-9,11,13,16-17H,5-6,10H2,1-4H3. The topological polar surface area (TPSA) is 12.0 Å². The number of hydrogen-bond donors (Lipinski definition) is 1. The molecule has 1 N–H and O–H groups in total. The molecule has 1 aliphatic heterocycles. The number of nitrogens with one attached hydrogen (secondary N) is 1. The van der Waals surface area contributed by atoms with E-state index in [1.165, 1.54) is 12.0 Å². The van der Waals surface area contributed by atoms with Gasteiger partial charge in [-0.05, 0) is 41.4 Å². The molecule has 0 amide bonds. The van der Waals surface area contributed by atoms with Crippen molar-refractivity contribution >= 4 is 0 Å². The van der Waals surface area contributed by atoms with E-state index in [-0.39, 0.29) is 0 Å². The maximum atomic E-state index is 3.73. The van der Waals surface area contributed by atoms with Crippen molar-refractivity contribution < 1.29 is 0 Å². The predicted molar refractivity (Wildman–Crippen MR) is 74.4 cm³/mol. The molecule has 1 nitrogen and oxygen atoms in total. The monoisotopic (exact) mass is 231 g/mol. The fourth-order valence-corrected chi connectivity index (χ4v) is 2.93. The average molecular weight is 231 g/mol. The molecule has 1 aromatic carbocycles. The molecular formula is C16H25N. The summed E-state index contributed by atoms with van der Waals surface area (Å²) in [5.74, 6) is 1.37. The van der Waals surface area contributed by atoms with Crippen LogP contribution in [0.2, 0.25) is 0 Å². The molecule has 1 heterocycles. The number of aryl methyl sites for hydroxylation is 1.